The summed E-state index contributed by atoms with van der Waals surface area (Å²) in [6, 6.07) is 8.29. The summed E-state index contributed by atoms with van der Waals surface area (Å²) in [5, 5.41) is 0. The van der Waals surface area contributed by atoms with E-state index in [1.807, 2.05) is 12.1 Å². The van der Waals surface area contributed by atoms with Crippen molar-refractivity contribution in [2.75, 3.05) is 40.0 Å². The van der Waals surface area contributed by atoms with Gasteiger partial charge in [-0.1, -0.05) is 24.6 Å². The summed E-state index contributed by atoms with van der Waals surface area (Å²) in [7, 11) is 1.73. The second-order valence-electron chi connectivity index (χ2n) is 6.11. The summed E-state index contributed by atoms with van der Waals surface area (Å²) in [5.41, 5.74) is 7.52. The SMILES string of the molecule is COc1ccccc1C1(CN=C(N)N2CCOCC2)CCC1. The second-order valence-corrected chi connectivity index (χ2v) is 6.11. The van der Waals surface area contributed by atoms with Crippen LogP contribution in [-0.2, 0) is 10.2 Å². The van der Waals surface area contributed by atoms with Crippen LogP contribution in [-0.4, -0.2) is 50.8 Å². The number of ether oxygens (including phenoxy) is 2. The molecule has 1 saturated carbocycles. The quantitative estimate of drug-likeness (QED) is 0.680. The number of benzene rings is 1. The van der Waals surface area contributed by atoms with Crippen molar-refractivity contribution in [2.45, 2.75) is 24.7 Å². The number of nitrogens with two attached hydrogens (primary N) is 1. The molecule has 2 N–H and O–H groups in total. The van der Waals surface area contributed by atoms with Crippen LogP contribution in [0.15, 0.2) is 29.3 Å². The third-order valence-electron chi connectivity index (χ3n) is 4.87. The lowest BCUT2D eigenvalue weighted by Crippen LogP contribution is -2.46. The van der Waals surface area contributed by atoms with Gasteiger partial charge in [0, 0.05) is 24.1 Å². The largest absolute Gasteiger partial charge is 0.496 e. The maximum absolute atomic E-state index is 6.17. The normalized spacial score (nSPS) is 21.3. The first-order valence-electron chi connectivity index (χ1n) is 8.01. The van der Waals surface area contributed by atoms with Crippen LogP contribution in [0.2, 0.25) is 0 Å². The Morgan fingerprint density at radius 2 is 2.05 bits per heavy atom. The monoisotopic (exact) mass is 303 g/mol. The maximum atomic E-state index is 6.17. The van der Waals surface area contributed by atoms with E-state index in [9.17, 15) is 0 Å². The molecule has 1 heterocycles. The highest BCUT2D eigenvalue weighted by atomic mass is 16.5. The van der Waals surface area contributed by atoms with Gasteiger partial charge >= 0.3 is 0 Å². The number of hydrogen-bond donors (Lipinski definition) is 1. The van der Waals surface area contributed by atoms with E-state index in [1.54, 1.807) is 7.11 Å². The Bertz CT molecular complexity index is 534. The van der Waals surface area contributed by atoms with Gasteiger partial charge in [-0.15, -0.1) is 0 Å². The van der Waals surface area contributed by atoms with E-state index in [2.05, 4.69) is 17.0 Å². The zero-order valence-electron chi connectivity index (χ0n) is 13.3. The molecule has 1 aromatic carbocycles. The molecule has 5 heteroatoms. The lowest BCUT2D eigenvalue weighted by Gasteiger charge is -2.42. The molecule has 0 atom stereocenters. The number of rotatable bonds is 4. The summed E-state index contributed by atoms with van der Waals surface area (Å²) in [6.07, 6.45) is 3.53. The van der Waals surface area contributed by atoms with Gasteiger partial charge in [-0.2, -0.15) is 0 Å². The highest BCUT2D eigenvalue weighted by Gasteiger charge is 2.40. The van der Waals surface area contributed by atoms with E-state index in [0.29, 0.717) is 5.96 Å². The second kappa shape index (κ2) is 6.57. The Labute approximate surface area is 132 Å². The van der Waals surface area contributed by atoms with Gasteiger partial charge in [0.25, 0.3) is 0 Å². The summed E-state index contributed by atoms with van der Waals surface area (Å²) in [6.45, 7) is 3.85. The fourth-order valence-corrected chi connectivity index (χ4v) is 3.32. The van der Waals surface area contributed by atoms with Crippen LogP contribution in [0.4, 0.5) is 0 Å². The molecule has 2 fully saturated rings. The van der Waals surface area contributed by atoms with Crippen molar-refractivity contribution < 1.29 is 9.47 Å². The fraction of sp³-hybridized carbons (Fsp3) is 0.588. The Balaban J connectivity index is 1.76. The summed E-state index contributed by atoms with van der Waals surface area (Å²) in [4.78, 5) is 6.81. The fourth-order valence-electron chi connectivity index (χ4n) is 3.32. The van der Waals surface area contributed by atoms with Crippen LogP contribution in [0.25, 0.3) is 0 Å². The molecule has 1 saturated heterocycles. The van der Waals surface area contributed by atoms with E-state index in [1.165, 1.54) is 12.0 Å². The molecule has 0 unspecified atom stereocenters. The Kier molecular flexibility index (Phi) is 4.52. The third kappa shape index (κ3) is 2.90. The maximum Gasteiger partial charge on any atom is 0.191 e. The van der Waals surface area contributed by atoms with Gasteiger partial charge in [-0.05, 0) is 18.9 Å². The van der Waals surface area contributed by atoms with Crippen molar-refractivity contribution in [1.29, 1.82) is 0 Å². The van der Waals surface area contributed by atoms with Crippen molar-refractivity contribution in [1.82, 2.24) is 4.90 Å². The van der Waals surface area contributed by atoms with Crippen molar-refractivity contribution in [3.63, 3.8) is 0 Å². The Hall–Kier alpha value is -1.75. The lowest BCUT2D eigenvalue weighted by molar-refractivity contribution is 0.0673. The van der Waals surface area contributed by atoms with Gasteiger partial charge in [0.1, 0.15) is 5.75 Å². The molecule has 22 heavy (non-hydrogen) atoms. The van der Waals surface area contributed by atoms with Crippen molar-refractivity contribution >= 4 is 5.96 Å². The Morgan fingerprint density at radius 3 is 2.68 bits per heavy atom. The van der Waals surface area contributed by atoms with Gasteiger partial charge in [0.15, 0.2) is 5.96 Å². The highest BCUT2D eigenvalue weighted by Crippen LogP contribution is 2.47. The van der Waals surface area contributed by atoms with E-state index < -0.39 is 0 Å². The van der Waals surface area contributed by atoms with Crippen LogP contribution in [0.5, 0.6) is 5.75 Å². The molecule has 120 valence electrons. The molecule has 0 amide bonds. The molecule has 1 aliphatic heterocycles. The number of para-hydroxylation sites is 1. The number of morpholine rings is 1. The minimum atomic E-state index is 0.0868. The van der Waals surface area contributed by atoms with Gasteiger partial charge < -0.3 is 20.1 Å². The number of methoxy groups -OCH3 is 1. The topological polar surface area (TPSA) is 60.1 Å². The predicted octanol–water partition coefficient (Wildman–Crippen LogP) is 1.76. The summed E-state index contributed by atoms with van der Waals surface area (Å²) >= 11 is 0. The molecule has 2 aliphatic rings. The van der Waals surface area contributed by atoms with Gasteiger partial charge in [-0.25, -0.2) is 0 Å². The molecule has 0 radical (unpaired) electrons. The zero-order valence-corrected chi connectivity index (χ0v) is 13.3. The molecule has 0 bridgehead atoms. The van der Waals surface area contributed by atoms with Gasteiger partial charge in [0.05, 0.1) is 26.9 Å². The highest BCUT2D eigenvalue weighted by molar-refractivity contribution is 5.78. The zero-order chi connectivity index (χ0) is 15.4. The van der Waals surface area contributed by atoms with Crippen LogP contribution < -0.4 is 10.5 Å². The van der Waals surface area contributed by atoms with Crippen LogP contribution in [0.3, 0.4) is 0 Å². The summed E-state index contributed by atoms with van der Waals surface area (Å²) in [5.74, 6) is 1.60. The van der Waals surface area contributed by atoms with E-state index in [0.717, 1.165) is 51.4 Å². The van der Waals surface area contributed by atoms with Gasteiger partial charge in [0.2, 0.25) is 0 Å². The minimum Gasteiger partial charge on any atom is -0.496 e. The van der Waals surface area contributed by atoms with Crippen LogP contribution in [0, 0.1) is 0 Å². The molecule has 1 aliphatic carbocycles. The van der Waals surface area contributed by atoms with Crippen molar-refractivity contribution in [3.05, 3.63) is 29.8 Å². The predicted molar refractivity (Wildman–Crippen MR) is 87.4 cm³/mol. The minimum absolute atomic E-state index is 0.0868. The smallest absolute Gasteiger partial charge is 0.191 e. The molecule has 1 aromatic rings. The number of nitrogens with zero attached hydrogens (tertiary/aromatic N) is 2. The van der Waals surface area contributed by atoms with Crippen molar-refractivity contribution in [3.8, 4) is 5.75 Å². The molecular weight excluding hydrogens is 278 g/mol. The average Bonchev–Trinajstić information content (AvgIpc) is 2.55. The Morgan fingerprint density at radius 1 is 1.32 bits per heavy atom. The van der Waals surface area contributed by atoms with E-state index >= 15 is 0 Å². The van der Waals surface area contributed by atoms with Gasteiger partial charge in [-0.3, -0.25) is 4.99 Å². The number of hydrogen-bond acceptors (Lipinski definition) is 3. The first-order chi connectivity index (χ1) is 10.7. The van der Waals surface area contributed by atoms with E-state index in [-0.39, 0.29) is 5.41 Å². The first kappa shape index (κ1) is 15.2. The third-order valence-corrected chi connectivity index (χ3v) is 4.87. The molecule has 5 nitrogen and oxygen atoms in total. The van der Waals surface area contributed by atoms with Crippen molar-refractivity contribution in [2.24, 2.45) is 10.7 Å². The average molecular weight is 303 g/mol. The molecular formula is C17H25N3O2. The number of aliphatic imine (C=N–C) groups is 1. The standard InChI is InChI=1S/C17H25N3O2/c1-21-15-6-3-2-5-14(15)17(7-4-8-17)13-19-16(18)20-9-11-22-12-10-20/h2-3,5-6H,4,7-13H2,1H3,(H2,18,19). The molecule has 3 rings (SSSR count). The van der Waals surface area contributed by atoms with Crippen LogP contribution >= 0.6 is 0 Å². The number of guanidine groups is 1. The van der Waals surface area contributed by atoms with Crippen LogP contribution in [0.1, 0.15) is 24.8 Å². The van der Waals surface area contributed by atoms with E-state index in [4.69, 9.17) is 20.2 Å². The summed E-state index contributed by atoms with van der Waals surface area (Å²) < 4.78 is 10.9. The molecule has 0 spiro atoms. The molecule has 0 aromatic heterocycles. The lowest BCUT2D eigenvalue weighted by atomic mass is 9.64. The first-order valence-corrected chi connectivity index (χ1v) is 8.01.